The van der Waals surface area contributed by atoms with Crippen LogP contribution in [0.1, 0.15) is 27.6 Å². The van der Waals surface area contributed by atoms with Gasteiger partial charge in [-0.15, -0.1) is 0 Å². The molecule has 0 spiro atoms. The molecule has 2 aromatic rings. The zero-order valence-electron chi connectivity index (χ0n) is 12.6. The van der Waals surface area contributed by atoms with Gasteiger partial charge in [0.05, 0.1) is 25.0 Å². The summed E-state index contributed by atoms with van der Waals surface area (Å²) in [7, 11) is 2.83. The van der Waals surface area contributed by atoms with Crippen molar-refractivity contribution in [3.8, 4) is 0 Å². The molecule has 7 nitrogen and oxygen atoms in total. The van der Waals surface area contributed by atoms with Gasteiger partial charge in [0.1, 0.15) is 12.3 Å². The molecular formula is C13H12F3IN4O3. The van der Waals surface area contributed by atoms with Gasteiger partial charge in [-0.05, 0) is 12.1 Å². The van der Waals surface area contributed by atoms with Crippen molar-refractivity contribution in [3.63, 3.8) is 0 Å². The lowest BCUT2D eigenvalue weighted by molar-refractivity contribution is -0.141. The summed E-state index contributed by atoms with van der Waals surface area (Å²) in [5.74, 6) is -0.422. The molecule has 0 atom stereocenters. The van der Waals surface area contributed by atoms with Crippen molar-refractivity contribution in [1.82, 2.24) is 19.7 Å². The molecule has 2 aromatic heterocycles. The smallest absolute Gasteiger partial charge is 0.433 e. The third-order valence-corrected chi connectivity index (χ3v) is 3.83. The topological polar surface area (TPSA) is 79.1 Å². The van der Waals surface area contributed by atoms with Crippen LogP contribution in [0.3, 0.4) is 0 Å². The van der Waals surface area contributed by atoms with E-state index in [4.69, 9.17) is 4.74 Å². The molecule has 24 heavy (non-hydrogen) atoms. The van der Waals surface area contributed by atoms with Crippen LogP contribution in [-0.2, 0) is 35.9 Å². The highest BCUT2D eigenvalue weighted by Gasteiger charge is 2.33. The Morgan fingerprint density at radius 3 is 2.54 bits per heavy atom. The number of carbonyl (C=O) groups excluding carboxylic acids is 1. The van der Waals surface area contributed by atoms with Crippen LogP contribution < -0.4 is 0 Å². The summed E-state index contributed by atoms with van der Waals surface area (Å²) < 4.78 is 50.3. The van der Waals surface area contributed by atoms with E-state index in [1.54, 1.807) is 7.05 Å². The number of hydrogen-bond acceptors (Lipinski definition) is 6. The SMILES string of the molecule is COC(=O)c1ccc(C(F)(F)F)nc1COCc1nc(I)n(C)n1. The lowest BCUT2D eigenvalue weighted by atomic mass is 10.1. The third kappa shape index (κ3) is 4.41. The zero-order valence-corrected chi connectivity index (χ0v) is 14.8. The summed E-state index contributed by atoms with van der Waals surface area (Å²) in [5, 5.41) is 4.05. The summed E-state index contributed by atoms with van der Waals surface area (Å²) >= 11 is 1.98. The first-order chi connectivity index (χ1) is 11.2. The zero-order chi connectivity index (χ0) is 17.9. The van der Waals surface area contributed by atoms with Crippen LogP contribution in [0.4, 0.5) is 13.2 Å². The number of aromatic nitrogens is 4. The lowest BCUT2D eigenvalue weighted by Crippen LogP contribution is -2.15. The molecule has 0 unspecified atom stereocenters. The highest BCUT2D eigenvalue weighted by molar-refractivity contribution is 14.1. The molecule has 2 heterocycles. The number of pyridine rings is 1. The largest absolute Gasteiger partial charge is 0.465 e. The minimum absolute atomic E-state index is 0.0324. The molecule has 0 fully saturated rings. The maximum atomic E-state index is 12.8. The van der Waals surface area contributed by atoms with E-state index in [1.165, 1.54) is 4.68 Å². The monoisotopic (exact) mass is 456 g/mol. The molecule has 0 saturated carbocycles. The van der Waals surface area contributed by atoms with Gasteiger partial charge in [-0.25, -0.2) is 19.4 Å². The first-order valence-corrected chi connectivity index (χ1v) is 7.59. The first kappa shape index (κ1) is 18.6. The van der Waals surface area contributed by atoms with E-state index in [0.29, 0.717) is 9.66 Å². The molecule has 0 saturated heterocycles. The third-order valence-electron chi connectivity index (χ3n) is 2.89. The van der Waals surface area contributed by atoms with Crippen LogP contribution in [0.2, 0.25) is 0 Å². The number of methoxy groups -OCH3 is 1. The van der Waals surface area contributed by atoms with Crippen LogP contribution in [-0.4, -0.2) is 32.8 Å². The number of nitrogens with zero attached hydrogens (tertiary/aromatic N) is 4. The first-order valence-electron chi connectivity index (χ1n) is 6.51. The Hall–Kier alpha value is -1.76. The molecular weight excluding hydrogens is 444 g/mol. The second-order valence-corrected chi connectivity index (χ2v) is 5.56. The second kappa shape index (κ2) is 7.42. The van der Waals surface area contributed by atoms with Crippen molar-refractivity contribution in [3.05, 3.63) is 38.7 Å². The number of ether oxygens (including phenoxy) is 2. The summed E-state index contributed by atoms with van der Waals surface area (Å²) in [5.41, 5.74) is -1.37. The van der Waals surface area contributed by atoms with Gasteiger partial charge in [-0.1, -0.05) is 0 Å². The molecule has 0 aromatic carbocycles. The fourth-order valence-corrected chi connectivity index (χ4v) is 2.17. The fourth-order valence-electron chi connectivity index (χ4n) is 1.78. The number of alkyl halides is 3. The molecule has 0 amide bonds. The lowest BCUT2D eigenvalue weighted by Gasteiger charge is -2.11. The molecule has 2 rings (SSSR count). The minimum atomic E-state index is -4.62. The van der Waals surface area contributed by atoms with E-state index in [-0.39, 0.29) is 24.5 Å². The summed E-state index contributed by atoms with van der Waals surface area (Å²) in [4.78, 5) is 19.2. The Labute approximate surface area is 148 Å². The summed E-state index contributed by atoms with van der Waals surface area (Å²) in [6.45, 7) is -0.349. The summed E-state index contributed by atoms with van der Waals surface area (Å²) in [6.07, 6.45) is -4.62. The maximum Gasteiger partial charge on any atom is 0.433 e. The van der Waals surface area contributed by atoms with Crippen molar-refractivity contribution < 1.29 is 27.4 Å². The van der Waals surface area contributed by atoms with E-state index >= 15 is 0 Å². The molecule has 0 radical (unpaired) electrons. The number of esters is 1. The van der Waals surface area contributed by atoms with E-state index in [1.807, 2.05) is 22.6 Å². The molecule has 130 valence electrons. The van der Waals surface area contributed by atoms with Crippen LogP contribution in [0.5, 0.6) is 0 Å². The van der Waals surface area contributed by atoms with Gasteiger partial charge < -0.3 is 9.47 Å². The molecule has 0 bridgehead atoms. The number of carbonyl (C=O) groups is 1. The van der Waals surface area contributed by atoms with Gasteiger partial charge in [0.15, 0.2) is 9.66 Å². The van der Waals surface area contributed by atoms with Crippen molar-refractivity contribution >= 4 is 28.6 Å². The predicted octanol–water partition coefficient (Wildman–Crippen LogP) is 2.34. The molecule has 0 N–H and O–H groups in total. The van der Waals surface area contributed by atoms with Crippen LogP contribution in [0.25, 0.3) is 0 Å². The van der Waals surface area contributed by atoms with Gasteiger partial charge in [-0.3, -0.25) is 0 Å². The van der Waals surface area contributed by atoms with Gasteiger partial charge in [-0.2, -0.15) is 18.3 Å². The second-order valence-electron chi connectivity index (χ2n) is 4.59. The van der Waals surface area contributed by atoms with Crippen molar-refractivity contribution in [2.45, 2.75) is 19.4 Å². The van der Waals surface area contributed by atoms with Gasteiger partial charge in [0.2, 0.25) is 0 Å². The molecule has 0 aliphatic carbocycles. The van der Waals surface area contributed by atoms with E-state index in [9.17, 15) is 18.0 Å². The number of hydrogen-bond donors (Lipinski definition) is 0. The average molecular weight is 456 g/mol. The number of aryl methyl sites for hydroxylation is 1. The maximum absolute atomic E-state index is 12.8. The molecule has 0 aliphatic heterocycles. The summed E-state index contributed by atoms with van der Waals surface area (Å²) in [6, 6.07) is 1.74. The van der Waals surface area contributed by atoms with Crippen LogP contribution in [0.15, 0.2) is 12.1 Å². The normalized spacial score (nSPS) is 11.6. The minimum Gasteiger partial charge on any atom is -0.465 e. The number of rotatable bonds is 5. The Morgan fingerprint density at radius 2 is 2.00 bits per heavy atom. The van der Waals surface area contributed by atoms with Crippen molar-refractivity contribution in [2.75, 3.05) is 7.11 Å². The quantitative estimate of drug-likeness (QED) is 0.508. The van der Waals surface area contributed by atoms with Crippen LogP contribution in [0, 0.1) is 3.83 Å². The van der Waals surface area contributed by atoms with E-state index in [2.05, 4.69) is 19.8 Å². The number of halogens is 4. The van der Waals surface area contributed by atoms with E-state index < -0.39 is 17.8 Å². The molecule has 0 aliphatic rings. The van der Waals surface area contributed by atoms with Gasteiger partial charge in [0, 0.05) is 29.6 Å². The highest BCUT2D eigenvalue weighted by atomic mass is 127. The Morgan fingerprint density at radius 1 is 1.29 bits per heavy atom. The van der Waals surface area contributed by atoms with Crippen molar-refractivity contribution in [1.29, 1.82) is 0 Å². The Kier molecular flexibility index (Phi) is 5.74. The van der Waals surface area contributed by atoms with Gasteiger partial charge in [0.25, 0.3) is 0 Å². The van der Waals surface area contributed by atoms with E-state index in [0.717, 1.165) is 19.2 Å². The Balaban J connectivity index is 2.17. The fraction of sp³-hybridized carbons (Fsp3) is 0.385. The predicted molar refractivity (Wildman–Crippen MR) is 82.8 cm³/mol. The van der Waals surface area contributed by atoms with Gasteiger partial charge >= 0.3 is 12.1 Å². The van der Waals surface area contributed by atoms with Crippen LogP contribution >= 0.6 is 22.6 Å². The standard InChI is InChI=1S/C13H12F3IN4O3/c1-21-12(17)19-10(20-21)6-24-5-8-7(11(22)23-2)3-4-9(18-8)13(14,15)16/h3-4H,5-6H2,1-2H3. The van der Waals surface area contributed by atoms with Crippen molar-refractivity contribution in [2.24, 2.45) is 7.05 Å². The molecule has 11 heteroatoms. The Bertz CT molecular complexity index is 729. The highest BCUT2D eigenvalue weighted by Crippen LogP contribution is 2.28. The average Bonchev–Trinajstić information content (AvgIpc) is 2.84.